The second kappa shape index (κ2) is 3.23. The smallest absolute Gasteiger partial charge is 0.0843 e. The number of rotatable bonds is 1. The number of nitrogens with zero attached hydrogens (tertiary/aromatic N) is 2. The van der Waals surface area contributed by atoms with Gasteiger partial charge in [0.15, 0.2) is 0 Å². The van der Waals surface area contributed by atoms with Gasteiger partial charge in [-0.1, -0.05) is 6.04 Å². The van der Waals surface area contributed by atoms with Crippen molar-refractivity contribution in [2.45, 2.75) is 18.9 Å². The summed E-state index contributed by atoms with van der Waals surface area (Å²) in [6, 6.07) is -1.21. The molecule has 0 unspecified atom stereocenters. The highest BCUT2D eigenvalue weighted by molar-refractivity contribution is 5.14. The maximum Gasteiger partial charge on any atom is 0.0843 e. The normalized spacial score (nSPS) is 34.0. The van der Waals surface area contributed by atoms with Gasteiger partial charge < -0.3 is 0 Å². The van der Waals surface area contributed by atoms with E-state index in [1.807, 2.05) is 0 Å². The molecule has 1 aromatic rings. The summed E-state index contributed by atoms with van der Waals surface area (Å²) in [5.74, 6) is 0. The zero-order valence-electron chi connectivity index (χ0n) is 13.6. The zero-order valence-corrected chi connectivity index (χ0v) is 6.59. The van der Waals surface area contributed by atoms with Gasteiger partial charge in [-0.3, -0.25) is 9.88 Å². The molecule has 1 aromatic heterocycles. The first-order chi connectivity index (χ1) is 8.73. The Morgan fingerprint density at radius 1 is 1.83 bits per heavy atom. The van der Waals surface area contributed by atoms with Crippen molar-refractivity contribution in [1.29, 1.82) is 0 Å². The maximum absolute atomic E-state index is 7.86. The molecule has 2 heteroatoms. The van der Waals surface area contributed by atoms with Crippen LogP contribution in [0.4, 0.5) is 0 Å². The van der Waals surface area contributed by atoms with Gasteiger partial charge in [-0.25, -0.2) is 0 Å². The Labute approximate surface area is 83.1 Å². The minimum absolute atomic E-state index is 0.148. The molecular formula is C10H14N2. The molecule has 0 saturated carbocycles. The van der Waals surface area contributed by atoms with Crippen molar-refractivity contribution >= 4 is 0 Å². The van der Waals surface area contributed by atoms with Crippen LogP contribution in [-0.4, -0.2) is 23.4 Å². The van der Waals surface area contributed by atoms with Crippen molar-refractivity contribution in [3.05, 3.63) is 30.0 Å². The van der Waals surface area contributed by atoms with Crippen LogP contribution in [0.1, 0.15) is 34.0 Å². The summed E-state index contributed by atoms with van der Waals surface area (Å²) in [7, 11) is 0. The average molecular weight is 169 g/mol. The molecule has 1 aliphatic heterocycles. The van der Waals surface area contributed by atoms with Crippen molar-refractivity contribution in [2.24, 2.45) is 0 Å². The van der Waals surface area contributed by atoms with Gasteiger partial charge in [-0.15, -0.1) is 0 Å². The summed E-state index contributed by atoms with van der Waals surface area (Å²) in [4.78, 5) is 4.88. The Morgan fingerprint density at radius 2 is 2.83 bits per heavy atom. The summed E-state index contributed by atoms with van der Waals surface area (Å²) in [5, 5.41) is 0. The summed E-state index contributed by atoms with van der Waals surface area (Å²) >= 11 is 0. The van der Waals surface area contributed by atoms with Crippen molar-refractivity contribution in [3.8, 4) is 0 Å². The third-order valence-electron chi connectivity index (χ3n) is 2.07. The van der Waals surface area contributed by atoms with E-state index in [0.717, 1.165) is 0 Å². The lowest BCUT2D eigenvalue weighted by molar-refractivity contribution is 0.317. The molecule has 0 aliphatic carbocycles. The standard InChI is InChI=1S/C10H14N2/c1-12-7-3-5-10(12)9-4-2-6-11-8-9/h2,4,6,8,10H,3,5,7H2,1H3/t10-/m0/s1/i1D3,2D,4D,6D,8D. The number of hydrogen-bond donors (Lipinski definition) is 0. The fourth-order valence-corrected chi connectivity index (χ4v) is 1.46. The lowest BCUT2D eigenvalue weighted by Gasteiger charge is -2.18. The Bertz CT molecular complexity index is 500. The molecule has 12 heavy (non-hydrogen) atoms. The predicted octanol–water partition coefficient (Wildman–Crippen LogP) is 1.85. The molecule has 2 rings (SSSR count). The molecule has 1 aliphatic rings. The SMILES string of the molecule is [2H]c1nc([2H])c([C@@H]2CCCN2C([2H])([2H])[2H])c([2H])c1[2H]. The van der Waals surface area contributed by atoms with E-state index >= 15 is 0 Å². The van der Waals surface area contributed by atoms with Gasteiger partial charge in [-0.2, -0.15) is 0 Å². The first-order valence-corrected chi connectivity index (χ1v) is 3.94. The number of aromatic nitrogens is 1. The first kappa shape index (κ1) is 3.11. The van der Waals surface area contributed by atoms with Crippen molar-refractivity contribution < 1.29 is 9.60 Å². The minimum atomic E-state index is -2.29. The molecule has 0 amide bonds. The average Bonchev–Trinajstić information content (AvgIpc) is 2.74. The van der Waals surface area contributed by atoms with E-state index in [1.54, 1.807) is 0 Å². The minimum Gasteiger partial charge on any atom is -0.299 e. The van der Waals surface area contributed by atoms with Gasteiger partial charge >= 0.3 is 0 Å². The monoisotopic (exact) mass is 169 g/mol. The van der Waals surface area contributed by atoms with E-state index in [4.69, 9.17) is 9.60 Å². The third-order valence-corrected chi connectivity index (χ3v) is 2.07. The third kappa shape index (κ3) is 1.34. The second-order valence-electron chi connectivity index (χ2n) is 2.85. The van der Waals surface area contributed by atoms with E-state index in [1.165, 1.54) is 4.90 Å². The molecule has 64 valence electrons. The Hall–Kier alpha value is -0.890. The maximum atomic E-state index is 7.86. The van der Waals surface area contributed by atoms with Gasteiger partial charge in [-0.05, 0) is 38.0 Å². The molecule has 0 spiro atoms. The van der Waals surface area contributed by atoms with Crippen molar-refractivity contribution in [1.82, 2.24) is 9.88 Å². The Balaban J connectivity index is 2.50. The van der Waals surface area contributed by atoms with Crippen molar-refractivity contribution in [3.63, 3.8) is 0 Å². The van der Waals surface area contributed by atoms with Gasteiger partial charge in [0.1, 0.15) is 0 Å². The van der Waals surface area contributed by atoms with E-state index < -0.39 is 19.2 Å². The number of pyridine rings is 1. The Kier molecular flexibility index (Phi) is 0.838. The van der Waals surface area contributed by atoms with Gasteiger partial charge in [0.2, 0.25) is 0 Å². The van der Waals surface area contributed by atoms with Gasteiger partial charge in [0, 0.05) is 22.5 Å². The van der Waals surface area contributed by atoms with Gasteiger partial charge in [0.05, 0.1) is 5.48 Å². The Morgan fingerprint density at radius 3 is 3.75 bits per heavy atom. The van der Waals surface area contributed by atoms with Crippen LogP contribution in [0.15, 0.2) is 24.4 Å². The van der Waals surface area contributed by atoms with Crippen molar-refractivity contribution in [2.75, 3.05) is 13.5 Å². The van der Waals surface area contributed by atoms with Crippen LogP contribution in [-0.2, 0) is 0 Å². The fourth-order valence-electron chi connectivity index (χ4n) is 1.46. The van der Waals surface area contributed by atoms with Crippen LogP contribution in [0, 0.1) is 0 Å². The van der Waals surface area contributed by atoms with E-state index in [9.17, 15) is 0 Å². The quantitative estimate of drug-likeness (QED) is 0.638. The molecule has 0 radical (unpaired) electrons. The van der Waals surface area contributed by atoms with Crippen LogP contribution in [0.2, 0.25) is 0 Å². The zero-order chi connectivity index (χ0) is 14.4. The number of hydrogen-bond acceptors (Lipinski definition) is 2. The molecule has 0 aromatic carbocycles. The summed E-state index contributed by atoms with van der Waals surface area (Å²) in [6.45, 7) is -1.92. The first-order valence-electron chi connectivity index (χ1n) is 7.44. The molecule has 1 saturated heterocycles. The lowest BCUT2D eigenvalue weighted by atomic mass is 10.1. The van der Waals surface area contributed by atoms with Gasteiger partial charge in [0.25, 0.3) is 0 Å². The lowest BCUT2D eigenvalue weighted by Crippen LogP contribution is -2.17. The molecule has 0 N–H and O–H groups in total. The molecule has 2 heterocycles. The van der Waals surface area contributed by atoms with Crippen LogP contribution in [0.25, 0.3) is 0 Å². The molecule has 1 atom stereocenters. The van der Waals surface area contributed by atoms with Crippen LogP contribution in [0.3, 0.4) is 0 Å². The number of likely N-dealkylation sites (tertiary alicyclic amines) is 1. The predicted molar refractivity (Wildman–Crippen MR) is 48.8 cm³/mol. The van der Waals surface area contributed by atoms with Crippen LogP contribution >= 0.6 is 0 Å². The molecular weight excluding hydrogens is 148 g/mol. The summed E-state index contributed by atoms with van der Waals surface area (Å²) in [6.07, 6.45) is 0.497. The fraction of sp³-hybridized carbons (Fsp3) is 0.500. The molecule has 0 bridgehead atoms. The summed E-state index contributed by atoms with van der Waals surface area (Å²) in [5.41, 5.74) is 0.148. The largest absolute Gasteiger partial charge is 0.299 e. The van der Waals surface area contributed by atoms with Crippen LogP contribution < -0.4 is 0 Å². The highest BCUT2D eigenvalue weighted by Crippen LogP contribution is 2.29. The second-order valence-corrected chi connectivity index (χ2v) is 2.85. The van der Waals surface area contributed by atoms with E-state index in [0.29, 0.717) is 19.4 Å². The molecule has 2 nitrogen and oxygen atoms in total. The molecule has 1 fully saturated rings. The summed E-state index contributed by atoms with van der Waals surface area (Å²) < 4.78 is 53.0. The van der Waals surface area contributed by atoms with Crippen LogP contribution in [0.5, 0.6) is 0 Å². The van der Waals surface area contributed by atoms with E-state index in [-0.39, 0.29) is 23.8 Å². The topological polar surface area (TPSA) is 16.1 Å². The highest BCUT2D eigenvalue weighted by Gasteiger charge is 2.21. The highest BCUT2D eigenvalue weighted by atomic mass is 15.1. The van der Waals surface area contributed by atoms with E-state index in [2.05, 4.69) is 4.98 Å².